The molecule has 1 aromatic rings. The molecule has 0 bridgehead atoms. The maximum absolute atomic E-state index is 12.9. The van der Waals surface area contributed by atoms with Crippen LogP contribution < -0.4 is 0 Å². The van der Waals surface area contributed by atoms with Crippen LogP contribution in [0.4, 0.5) is 0 Å². The van der Waals surface area contributed by atoms with Crippen molar-refractivity contribution in [3.8, 4) is 0 Å². The van der Waals surface area contributed by atoms with E-state index in [2.05, 4.69) is 0 Å². The van der Waals surface area contributed by atoms with Crippen molar-refractivity contribution in [1.82, 2.24) is 0 Å². The highest BCUT2D eigenvalue weighted by Gasteiger charge is 2.40. The number of aryl methyl sites for hydroxylation is 1. The van der Waals surface area contributed by atoms with Gasteiger partial charge in [-0.3, -0.25) is 14.4 Å². The summed E-state index contributed by atoms with van der Waals surface area (Å²) in [4.78, 5) is 37.3. The van der Waals surface area contributed by atoms with Crippen LogP contribution in [0.2, 0.25) is 0 Å². The number of Topliss-reactive ketones (excluding diaryl/α,β-unsaturated/α-hetero) is 3. The lowest BCUT2D eigenvalue weighted by Crippen LogP contribution is -2.35. The molecular weight excluding hydrogens is 328 g/mol. The Morgan fingerprint density at radius 2 is 1.71 bits per heavy atom. The van der Waals surface area contributed by atoms with Crippen molar-refractivity contribution in [2.45, 2.75) is 50.8 Å². The lowest BCUT2D eigenvalue weighted by atomic mass is 9.79. The maximum Gasteiger partial charge on any atom is 0.181 e. The average molecular weight is 348 g/mol. The molecule has 1 aliphatic heterocycles. The highest BCUT2D eigenvalue weighted by atomic mass is 32.2. The minimum atomic E-state index is -3.34. The van der Waals surface area contributed by atoms with Crippen molar-refractivity contribution < 1.29 is 22.8 Å². The molecule has 1 atom stereocenters. The number of rotatable bonds is 2. The molecule has 5 nitrogen and oxygen atoms in total. The van der Waals surface area contributed by atoms with Gasteiger partial charge in [0, 0.05) is 18.4 Å². The van der Waals surface area contributed by atoms with E-state index < -0.39 is 21.5 Å². The van der Waals surface area contributed by atoms with Crippen molar-refractivity contribution in [1.29, 1.82) is 0 Å². The zero-order valence-corrected chi connectivity index (χ0v) is 14.8. The van der Waals surface area contributed by atoms with Crippen LogP contribution in [-0.4, -0.2) is 31.5 Å². The van der Waals surface area contributed by atoms with Crippen LogP contribution >= 0.6 is 0 Å². The third kappa shape index (κ3) is 2.44. The molecule has 0 amide bonds. The van der Waals surface area contributed by atoms with E-state index in [9.17, 15) is 22.8 Å². The van der Waals surface area contributed by atoms with Gasteiger partial charge >= 0.3 is 0 Å². The quantitative estimate of drug-likeness (QED) is 0.605. The number of benzene rings is 1. The first-order valence-electron chi connectivity index (χ1n) is 8.11. The first-order valence-corrected chi connectivity index (χ1v) is 9.77. The second-order valence-corrected chi connectivity index (χ2v) is 8.85. The van der Waals surface area contributed by atoms with Gasteiger partial charge in [-0.1, -0.05) is 6.92 Å². The Kier molecular flexibility index (Phi) is 3.98. The van der Waals surface area contributed by atoms with Gasteiger partial charge < -0.3 is 0 Å². The number of carbonyl (C=O) groups is 3. The second kappa shape index (κ2) is 5.62. The molecule has 2 aliphatic rings. The van der Waals surface area contributed by atoms with E-state index in [0.29, 0.717) is 33.6 Å². The molecule has 1 aliphatic carbocycles. The van der Waals surface area contributed by atoms with Gasteiger partial charge in [-0.2, -0.15) is 0 Å². The van der Waals surface area contributed by atoms with Crippen LogP contribution in [-0.2, 0) is 19.4 Å². The SMILES string of the molecule is Cc1cc(C(=O)C2C(=O)CCCC2=O)c(C)c2c1S(=O)(=O)CC2C. The Bertz CT molecular complexity index is 863. The van der Waals surface area contributed by atoms with Gasteiger partial charge in [0.25, 0.3) is 0 Å². The molecule has 0 radical (unpaired) electrons. The summed E-state index contributed by atoms with van der Waals surface area (Å²) in [5.74, 6) is -2.52. The number of sulfone groups is 1. The zero-order chi connectivity index (χ0) is 17.8. The van der Waals surface area contributed by atoms with E-state index in [1.165, 1.54) is 6.07 Å². The number of hydrogen-bond donors (Lipinski definition) is 0. The van der Waals surface area contributed by atoms with Gasteiger partial charge in [-0.15, -0.1) is 0 Å². The van der Waals surface area contributed by atoms with Gasteiger partial charge in [-0.05, 0) is 48.9 Å². The molecule has 3 rings (SSSR count). The Labute approximate surface area is 141 Å². The molecule has 0 N–H and O–H groups in total. The molecule has 1 unspecified atom stereocenters. The maximum atomic E-state index is 12.9. The molecular formula is C18H20O5S. The fraction of sp³-hybridized carbons (Fsp3) is 0.500. The number of carbonyl (C=O) groups excluding carboxylic acids is 3. The summed E-state index contributed by atoms with van der Waals surface area (Å²) >= 11 is 0. The Balaban J connectivity index is 2.16. The van der Waals surface area contributed by atoms with E-state index in [0.717, 1.165) is 0 Å². The summed E-state index contributed by atoms with van der Waals surface area (Å²) in [5.41, 5.74) is 2.07. The third-order valence-electron chi connectivity index (χ3n) is 5.06. The fourth-order valence-electron chi connectivity index (χ4n) is 4.03. The number of hydrogen-bond acceptors (Lipinski definition) is 5. The summed E-state index contributed by atoms with van der Waals surface area (Å²) in [6.45, 7) is 5.19. The first-order chi connectivity index (χ1) is 11.1. The lowest BCUT2D eigenvalue weighted by Gasteiger charge is -2.21. The topological polar surface area (TPSA) is 85.3 Å². The van der Waals surface area contributed by atoms with Crippen LogP contribution in [0.3, 0.4) is 0 Å². The normalized spacial score (nSPS) is 23.4. The molecule has 1 saturated carbocycles. The van der Waals surface area contributed by atoms with Crippen molar-refractivity contribution >= 4 is 27.2 Å². The van der Waals surface area contributed by atoms with Gasteiger partial charge in [0.05, 0.1) is 10.6 Å². The van der Waals surface area contributed by atoms with Crippen LogP contribution in [0.25, 0.3) is 0 Å². The van der Waals surface area contributed by atoms with E-state index >= 15 is 0 Å². The molecule has 0 spiro atoms. The number of fused-ring (bicyclic) bond motifs is 1. The van der Waals surface area contributed by atoms with Crippen molar-refractivity contribution in [2.75, 3.05) is 5.75 Å². The monoisotopic (exact) mass is 348 g/mol. The predicted molar refractivity (Wildman–Crippen MR) is 88.1 cm³/mol. The van der Waals surface area contributed by atoms with E-state index in [1.54, 1.807) is 13.8 Å². The lowest BCUT2D eigenvalue weighted by molar-refractivity contribution is -0.133. The van der Waals surface area contributed by atoms with Gasteiger partial charge in [0.1, 0.15) is 5.92 Å². The first kappa shape index (κ1) is 17.0. The van der Waals surface area contributed by atoms with Gasteiger partial charge in [0.15, 0.2) is 27.2 Å². The van der Waals surface area contributed by atoms with Crippen LogP contribution in [0.15, 0.2) is 11.0 Å². The zero-order valence-electron chi connectivity index (χ0n) is 14.0. The predicted octanol–water partition coefficient (Wildman–Crippen LogP) is 2.32. The summed E-state index contributed by atoms with van der Waals surface area (Å²) in [7, 11) is -3.34. The van der Waals surface area contributed by atoms with E-state index in [-0.39, 0.29) is 36.1 Å². The summed E-state index contributed by atoms with van der Waals surface area (Å²) in [6.07, 6.45) is 0.991. The fourth-order valence-corrected chi connectivity index (χ4v) is 6.26. The summed E-state index contributed by atoms with van der Waals surface area (Å²) < 4.78 is 24.7. The highest BCUT2D eigenvalue weighted by Crippen LogP contribution is 2.41. The van der Waals surface area contributed by atoms with E-state index in [1.807, 2.05) is 6.92 Å². The van der Waals surface area contributed by atoms with Crippen molar-refractivity contribution in [3.05, 3.63) is 28.3 Å². The Morgan fingerprint density at radius 3 is 2.29 bits per heavy atom. The molecule has 1 fully saturated rings. The highest BCUT2D eigenvalue weighted by molar-refractivity contribution is 7.91. The van der Waals surface area contributed by atoms with Crippen molar-refractivity contribution in [3.63, 3.8) is 0 Å². The minimum absolute atomic E-state index is 0.0307. The molecule has 6 heteroatoms. The molecule has 1 heterocycles. The summed E-state index contributed by atoms with van der Waals surface area (Å²) in [6, 6.07) is 1.53. The van der Waals surface area contributed by atoms with Crippen molar-refractivity contribution in [2.24, 2.45) is 5.92 Å². The van der Waals surface area contributed by atoms with Gasteiger partial charge in [0.2, 0.25) is 0 Å². The van der Waals surface area contributed by atoms with Gasteiger partial charge in [-0.25, -0.2) is 8.42 Å². The molecule has 0 aromatic heterocycles. The van der Waals surface area contributed by atoms with E-state index in [4.69, 9.17) is 0 Å². The standard InChI is InChI=1S/C18H20O5S/c1-9-7-12(17(21)16-13(19)5-4-6-14(16)20)11(3)15-10(2)8-24(22,23)18(9)15/h7,10,16H,4-6,8H2,1-3H3. The molecule has 24 heavy (non-hydrogen) atoms. The Morgan fingerprint density at radius 1 is 1.12 bits per heavy atom. The molecule has 1 aromatic carbocycles. The minimum Gasteiger partial charge on any atom is -0.298 e. The third-order valence-corrected chi connectivity index (χ3v) is 7.17. The Hall–Kier alpha value is -1.82. The molecule has 128 valence electrons. The smallest absolute Gasteiger partial charge is 0.181 e. The van der Waals surface area contributed by atoms with Crippen LogP contribution in [0, 0.1) is 19.8 Å². The summed E-state index contributed by atoms with van der Waals surface area (Å²) in [5, 5.41) is 0. The second-order valence-electron chi connectivity index (χ2n) is 6.87. The number of ketones is 3. The molecule has 0 saturated heterocycles. The van der Waals surface area contributed by atoms with Crippen LogP contribution in [0.1, 0.15) is 59.2 Å². The largest absolute Gasteiger partial charge is 0.298 e. The van der Waals surface area contributed by atoms with Crippen LogP contribution in [0.5, 0.6) is 0 Å². The average Bonchev–Trinajstić information content (AvgIpc) is 2.72.